The Kier molecular flexibility index (Phi) is 7.80. The van der Waals surface area contributed by atoms with Crippen LogP contribution in [0.2, 0.25) is 0 Å². The monoisotopic (exact) mass is 544 g/mol. The summed E-state index contributed by atoms with van der Waals surface area (Å²) in [6.07, 6.45) is 0.843. The summed E-state index contributed by atoms with van der Waals surface area (Å²) in [5, 5.41) is 25.9. The third-order valence-electron chi connectivity index (χ3n) is 6.08. The number of imidazole rings is 1. The van der Waals surface area contributed by atoms with E-state index in [-0.39, 0.29) is 5.41 Å². The van der Waals surface area contributed by atoms with Crippen molar-refractivity contribution in [3.63, 3.8) is 0 Å². The number of H-pyrrole nitrogens is 1. The van der Waals surface area contributed by atoms with Crippen molar-refractivity contribution in [1.82, 2.24) is 40.4 Å². The van der Waals surface area contributed by atoms with Crippen LogP contribution < -0.4 is 0 Å². The van der Waals surface area contributed by atoms with Crippen molar-refractivity contribution < 1.29 is 0 Å². The van der Waals surface area contributed by atoms with E-state index in [9.17, 15) is 0 Å². The van der Waals surface area contributed by atoms with Crippen molar-refractivity contribution in [2.75, 3.05) is 11.5 Å². The number of fused-ring (bicyclic) bond motifs is 1. The molecule has 0 aliphatic carbocycles. The predicted octanol–water partition coefficient (Wildman–Crippen LogP) is 6.53. The van der Waals surface area contributed by atoms with Gasteiger partial charge in [-0.2, -0.15) is 5.21 Å². The Labute approximate surface area is 231 Å². The smallest absolute Gasteiger partial charge is 0.205 e. The van der Waals surface area contributed by atoms with E-state index >= 15 is 0 Å². The van der Waals surface area contributed by atoms with Crippen LogP contribution in [0, 0.1) is 5.41 Å². The average Bonchev–Trinajstić information content (AvgIpc) is 3.55. The van der Waals surface area contributed by atoms with Gasteiger partial charge >= 0.3 is 0 Å². The number of benzene rings is 2. The van der Waals surface area contributed by atoms with E-state index in [2.05, 4.69) is 100 Å². The number of nitrogens with one attached hydrogen (secondary N) is 1. The summed E-state index contributed by atoms with van der Waals surface area (Å²) in [5.41, 5.74) is 6.42. The SMILES string of the molecule is CCSc1nnc(SCC)c2c1nc(CC(C)(C)C)n2Cc1ccccc1-c1ccccc1-c1nn[nH]n1. The molecule has 10 heteroatoms. The lowest BCUT2D eigenvalue weighted by molar-refractivity contribution is 0.394. The van der Waals surface area contributed by atoms with Gasteiger partial charge in [-0.3, -0.25) is 0 Å². The van der Waals surface area contributed by atoms with Crippen LogP contribution in [0.4, 0.5) is 0 Å². The van der Waals surface area contributed by atoms with Crippen molar-refractivity contribution in [3.05, 3.63) is 59.9 Å². The molecular formula is C28H32N8S2. The molecule has 8 nitrogen and oxygen atoms in total. The largest absolute Gasteiger partial charge is 0.321 e. The van der Waals surface area contributed by atoms with E-state index < -0.39 is 0 Å². The first kappa shape index (κ1) is 26.4. The summed E-state index contributed by atoms with van der Waals surface area (Å²) in [4.78, 5) is 5.21. The second-order valence-corrected chi connectivity index (χ2v) is 12.7. The van der Waals surface area contributed by atoms with Gasteiger partial charge in [-0.15, -0.1) is 43.9 Å². The maximum atomic E-state index is 5.21. The van der Waals surface area contributed by atoms with Crippen molar-refractivity contribution in [3.8, 4) is 22.5 Å². The van der Waals surface area contributed by atoms with E-state index in [0.717, 1.165) is 61.5 Å². The zero-order valence-electron chi connectivity index (χ0n) is 22.4. The fourth-order valence-electron chi connectivity index (χ4n) is 4.58. The molecule has 0 aliphatic heterocycles. The van der Waals surface area contributed by atoms with Crippen LogP contribution in [0.5, 0.6) is 0 Å². The first-order valence-electron chi connectivity index (χ1n) is 12.8. The highest BCUT2D eigenvalue weighted by molar-refractivity contribution is 7.99. The number of thioether (sulfide) groups is 2. The molecule has 3 heterocycles. The van der Waals surface area contributed by atoms with E-state index in [1.54, 1.807) is 23.5 Å². The van der Waals surface area contributed by atoms with Crippen LogP contribution >= 0.6 is 23.5 Å². The Balaban J connectivity index is 1.71. The molecule has 0 amide bonds. The number of nitrogens with zero attached hydrogens (tertiary/aromatic N) is 7. The third-order valence-corrected chi connectivity index (χ3v) is 7.76. The van der Waals surface area contributed by atoms with Gasteiger partial charge in [-0.25, -0.2) is 4.98 Å². The number of rotatable bonds is 9. The lowest BCUT2D eigenvalue weighted by atomic mass is 9.91. The summed E-state index contributed by atoms with van der Waals surface area (Å²) in [7, 11) is 0. The maximum absolute atomic E-state index is 5.21. The van der Waals surface area contributed by atoms with E-state index in [4.69, 9.17) is 4.98 Å². The van der Waals surface area contributed by atoms with Crippen LogP contribution in [0.3, 0.4) is 0 Å². The summed E-state index contributed by atoms with van der Waals surface area (Å²) in [6.45, 7) is 11.7. The summed E-state index contributed by atoms with van der Waals surface area (Å²) in [6, 6.07) is 16.7. The number of hydrogen-bond donors (Lipinski definition) is 1. The third kappa shape index (κ3) is 5.47. The number of aromatic amines is 1. The molecule has 0 unspecified atom stereocenters. The van der Waals surface area contributed by atoms with Gasteiger partial charge in [0.25, 0.3) is 0 Å². The van der Waals surface area contributed by atoms with Gasteiger partial charge in [-0.1, -0.05) is 83.1 Å². The van der Waals surface area contributed by atoms with E-state index in [1.165, 1.54) is 5.56 Å². The summed E-state index contributed by atoms with van der Waals surface area (Å²) >= 11 is 3.42. The summed E-state index contributed by atoms with van der Waals surface area (Å²) < 4.78 is 2.36. The number of hydrogen-bond acceptors (Lipinski definition) is 8. The highest BCUT2D eigenvalue weighted by Crippen LogP contribution is 2.36. The molecule has 196 valence electrons. The highest BCUT2D eigenvalue weighted by Gasteiger charge is 2.24. The molecule has 0 atom stereocenters. The van der Waals surface area contributed by atoms with Crippen LogP contribution in [-0.4, -0.2) is 51.9 Å². The molecule has 0 saturated heterocycles. The van der Waals surface area contributed by atoms with Gasteiger partial charge in [0, 0.05) is 12.0 Å². The Morgan fingerprint density at radius 1 is 0.816 bits per heavy atom. The van der Waals surface area contributed by atoms with Crippen molar-refractivity contribution >= 4 is 34.6 Å². The minimum atomic E-state index is 0.0703. The first-order valence-corrected chi connectivity index (χ1v) is 14.8. The van der Waals surface area contributed by atoms with Gasteiger partial charge < -0.3 is 4.57 Å². The quantitative estimate of drug-likeness (QED) is 0.209. The Bertz CT molecular complexity index is 1540. The zero-order chi connectivity index (χ0) is 26.7. The standard InChI is InChI=1S/C28H32N8S2/c1-6-37-26-23-24(27(33-32-26)38-7-2)36(22(29-23)16-28(3,4)5)17-18-12-8-9-13-19(18)20-14-10-11-15-21(20)25-30-34-35-31-25/h8-15H,6-7,16-17H2,1-5H3,(H,30,31,34,35). The molecule has 5 aromatic rings. The second kappa shape index (κ2) is 11.2. The Morgan fingerprint density at radius 3 is 2.16 bits per heavy atom. The van der Waals surface area contributed by atoms with Gasteiger partial charge in [0.2, 0.25) is 5.82 Å². The molecule has 3 aromatic heterocycles. The van der Waals surface area contributed by atoms with Crippen LogP contribution in [0.1, 0.15) is 46.0 Å². The van der Waals surface area contributed by atoms with Crippen LogP contribution in [0.25, 0.3) is 33.5 Å². The fraction of sp³-hybridized carbons (Fsp3) is 0.357. The molecule has 0 bridgehead atoms. The minimum absolute atomic E-state index is 0.0703. The van der Waals surface area contributed by atoms with Crippen molar-refractivity contribution in [2.24, 2.45) is 5.41 Å². The van der Waals surface area contributed by atoms with Crippen molar-refractivity contribution in [1.29, 1.82) is 0 Å². The number of aromatic nitrogens is 8. The zero-order valence-corrected chi connectivity index (χ0v) is 24.0. The Hall–Kier alpha value is -3.24. The molecular weight excluding hydrogens is 512 g/mol. The molecule has 1 N–H and O–H groups in total. The molecule has 2 aromatic carbocycles. The maximum Gasteiger partial charge on any atom is 0.205 e. The minimum Gasteiger partial charge on any atom is -0.321 e. The van der Waals surface area contributed by atoms with E-state index in [0.29, 0.717) is 12.4 Å². The van der Waals surface area contributed by atoms with Gasteiger partial charge in [-0.05, 0) is 38.8 Å². The van der Waals surface area contributed by atoms with Gasteiger partial charge in [0.05, 0.1) is 6.54 Å². The van der Waals surface area contributed by atoms with Gasteiger partial charge in [0.15, 0.2) is 0 Å². The molecule has 0 radical (unpaired) electrons. The topological polar surface area (TPSA) is 98.1 Å². The Morgan fingerprint density at radius 2 is 1.47 bits per heavy atom. The first-order chi connectivity index (χ1) is 18.4. The second-order valence-electron chi connectivity index (χ2n) is 10.2. The fourth-order valence-corrected chi connectivity index (χ4v) is 5.94. The lowest BCUT2D eigenvalue weighted by Crippen LogP contribution is -2.15. The highest BCUT2D eigenvalue weighted by atomic mass is 32.2. The van der Waals surface area contributed by atoms with Crippen LogP contribution in [-0.2, 0) is 13.0 Å². The molecule has 38 heavy (non-hydrogen) atoms. The summed E-state index contributed by atoms with van der Waals surface area (Å²) in [5.74, 6) is 3.47. The van der Waals surface area contributed by atoms with E-state index in [1.807, 2.05) is 18.2 Å². The molecule has 0 saturated carbocycles. The normalized spacial score (nSPS) is 11.9. The number of tetrazole rings is 1. The van der Waals surface area contributed by atoms with Crippen molar-refractivity contribution in [2.45, 2.75) is 57.6 Å². The molecule has 5 rings (SSSR count). The molecule has 0 fully saturated rings. The predicted molar refractivity (Wildman–Crippen MR) is 155 cm³/mol. The lowest BCUT2D eigenvalue weighted by Gasteiger charge is -2.20. The molecule has 0 spiro atoms. The molecule has 0 aliphatic rings. The van der Waals surface area contributed by atoms with Gasteiger partial charge in [0.1, 0.15) is 26.9 Å². The average molecular weight is 545 g/mol. The van der Waals surface area contributed by atoms with Crippen LogP contribution in [0.15, 0.2) is 58.6 Å².